The average molecular weight is 675 g/mol. The van der Waals surface area contributed by atoms with E-state index in [0.29, 0.717) is 17.2 Å². The molecule has 22 heteroatoms. The van der Waals surface area contributed by atoms with E-state index in [4.69, 9.17) is 0 Å². The summed E-state index contributed by atoms with van der Waals surface area (Å²) >= 11 is 0. The molecule has 42 heavy (non-hydrogen) atoms. The first-order valence-electron chi connectivity index (χ1n) is 10.4. The fourth-order valence-electron chi connectivity index (χ4n) is 4.01. The number of aromatic amines is 2. The van der Waals surface area contributed by atoms with Crippen LogP contribution in [0.4, 0.5) is 0 Å². The van der Waals surface area contributed by atoms with Crippen molar-refractivity contribution in [1.82, 2.24) is 19.9 Å². The van der Waals surface area contributed by atoms with E-state index >= 15 is 0 Å². The molecule has 0 amide bonds. The van der Waals surface area contributed by atoms with Gasteiger partial charge in [-0.3, -0.25) is 9.11 Å². The molecule has 4 N–H and O–H groups in total. The third-order valence-corrected chi connectivity index (χ3v) is 9.51. The predicted molar refractivity (Wildman–Crippen MR) is 132 cm³/mol. The van der Waals surface area contributed by atoms with Crippen molar-refractivity contribution in [1.29, 1.82) is 0 Å². The molecule has 0 aliphatic rings. The second-order valence-electron chi connectivity index (χ2n) is 8.18. The number of nitrogens with one attached hydrogen (secondary N) is 2. The molecule has 0 spiro atoms. The van der Waals surface area contributed by atoms with Crippen LogP contribution in [-0.2, 0) is 40.5 Å². The van der Waals surface area contributed by atoms with Gasteiger partial charge in [0.2, 0.25) is 0 Å². The molecule has 0 unspecified atom stereocenters. The van der Waals surface area contributed by atoms with Gasteiger partial charge in [-0.25, -0.2) is 26.8 Å². The second-order valence-corrected chi connectivity index (χ2v) is 13.6. The number of benzene rings is 3. The zero-order valence-electron chi connectivity index (χ0n) is 21.1. The normalized spacial score (nSPS) is 12.7. The van der Waals surface area contributed by atoms with Crippen molar-refractivity contribution in [2.24, 2.45) is 0 Å². The summed E-state index contributed by atoms with van der Waals surface area (Å²) in [7, 11) is -21.0. The van der Waals surface area contributed by atoms with Gasteiger partial charge in [0.05, 0.1) is 20.8 Å². The van der Waals surface area contributed by atoms with Crippen molar-refractivity contribution in [2.45, 2.75) is 19.6 Å². The van der Waals surface area contributed by atoms with Crippen molar-refractivity contribution >= 4 is 62.5 Å². The Hall–Kier alpha value is -1.76. The molecule has 5 aromatic rings. The molecule has 3 aromatic carbocycles. The third kappa shape index (κ3) is 6.51. The second kappa shape index (κ2) is 11.6. The molecule has 0 saturated carbocycles. The van der Waals surface area contributed by atoms with Crippen molar-refractivity contribution < 1.29 is 111 Å². The Kier molecular flexibility index (Phi) is 9.62. The van der Waals surface area contributed by atoms with Crippen LogP contribution in [0.2, 0.25) is 0 Å². The van der Waals surface area contributed by atoms with Crippen LogP contribution >= 0.6 is 0 Å². The Morgan fingerprint density at radius 3 is 1.31 bits per heavy atom. The van der Waals surface area contributed by atoms with E-state index in [1.165, 1.54) is 24.3 Å². The van der Waals surface area contributed by atoms with Crippen LogP contribution in [0.15, 0.2) is 68.1 Å². The molecule has 0 bridgehead atoms. The summed E-state index contributed by atoms with van der Waals surface area (Å²) in [6, 6.07) is 9.40. The molecule has 0 fully saturated rings. The fraction of sp³-hybridized carbons (Fsp3) is 0. The standard InChI is InChI=1S/C20H14N4O12S4.2Na/c25-37(26,27)13-7-5-11-15(17(13)39(31,32)33)23-19(21-11)9-1-2-10(4-3-9)20-22-12-6-8-14(38(28,29)30)18(16(12)24-20)40(34,35)36;;/h1-8H,(H,21,23)(H,22,24)(H,25,26,27)(H,28,29,30)(H,31,32,33)(H,34,35,36);;/q;2*+1/p-2. The van der Waals surface area contributed by atoms with Crippen molar-refractivity contribution in [3.63, 3.8) is 0 Å². The zero-order chi connectivity index (χ0) is 29.4. The SMILES string of the molecule is O=S(=O)([O-])c1ccc2[nH]c(-c3ccc(-c4nc5c(S(=O)(=O)O)c(S(=O)(=O)O)ccc5[nH]4)cc3)nc2c1S(=O)(=O)[O-].[Na+].[Na+]. The summed E-state index contributed by atoms with van der Waals surface area (Å²) in [6.45, 7) is 0. The fourth-order valence-corrected chi connectivity index (χ4v) is 7.82. The van der Waals surface area contributed by atoms with E-state index in [1.54, 1.807) is 0 Å². The van der Waals surface area contributed by atoms with Crippen LogP contribution in [0.1, 0.15) is 0 Å². The van der Waals surface area contributed by atoms with Gasteiger partial charge < -0.3 is 19.1 Å². The maximum absolute atomic E-state index is 11.9. The Morgan fingerprint density at radius 2 is 0.952 bits per heavy atom. The summed E-state index contributed by atoms with van der Waals surface area (Å²) in [5.41, 5.74) is -0.463. The van der Waals surface area contributed by atoms with Gasteiger partial charge in [0.1, 0.15) is 52.7 Å². The largest absolute Gasteiger partial charge is 1.00 e. The van der Waals surface area contributed by atoms with Crippen LogP contribution in [-0.4, -0.2) is 71.8 Å². The number of rotatable bonds is 6. The van der Waals surface area contributed by atoms with Crippen LogP contribution in [0, 0.1) is 0 Å². The Labute approximate surface area is 281 Å². The molecule has 210 valence electrons. The van der Waals surface area contributed by atoms with Crippen LogP contribution in [0.25, 0.3) is 44.8 Å². The summed E-state index contributed by atoms with van der Waals surface area (Å²) in [5.74, 6) is 0.0107. The van der Waals surface area contributed by atoms with Gasteiger partial charge >= 0.3 is 59.1 Å². The first kappa shape index (κ1) is 34.7. The van der Waals surface area contributed by atoms with Gasteiger partial charge in [0, 0.05) is 11.1 Å². The van der Waals surface area contributed by atoms with Gasteiger partial charge in [-0.15, -0.1) is 0 Å². The molecule has 0 saturated heterocycles. The van der Waals surface area contributed by atoms with Crippen LogP contribution in [0.5, 0.6) is 0 Å². The number of hydrogen-bond donors (Lipinski definition) is 4. The molecule has 0 aliphatic carbocycles. The first-order valence-corrected chi connectivity index (χ1v) is 16.1. The van der Waals surface area contributed by atoms with Gasteiger partial charge in [-0.2, -0.15) is 16.8 Å². The minimum Gasteiger partial charge on any atom is -0.744 e. The van der Waals surface area contributed by atoms with Gasteiger partial charge in [-0.1, -0.05) is 24.3 Å². The quantitative estimate of drug-likeness (QED) is 0.0971. The van der Waals surface area contributed by atoms with Gasteiger partial charge in [-0.05, 0) is 24.3 Å². The van der Waals surface area contributed by atoms with E-state index in [-0.39, 0.29) is 81.8 Å². The summed E-state index contributed by atoms with van der Waals surface area (Å²) in [5, 5.41) is 0. The molecule has 5 rings (SSSR count). The monoisotopic (exact) mass is 674 g/mol. The van der Waals surface area contributed by atoms with Crippen molar-refractivity contribution in [3.05, 3.63) is 48.5 Å². The van der Waals surface area contributed by atoms with E-state index in [2.05, 4.69) is 19.9 Å². The average Bonchev–Trinajstić information content (AvgIpc) is 3.44. The number of H-pyrrole nitrogens is 2. The Bertz CT molecular complexity index is 2150. The molecule has 0 atom stereocenters. The number of hydrogen-bond acceptors (Lipinski definition) is 12. The van der Waals surface area contributed by atoms with Crippen LogP contribution in [0.3, 0.4) is 0 Å². The minimum atomic E-state index is -5.43. The molecule has 0 aliphatic heterocycles. The van der Waals surface area contributed by atoms with E-state index < -0.39 is 71.1 Å². The molecular weight excluding hydrogens is 662 g/mol. The summed E-state index contributed by atoms with van der Waals surface area (Å²) in [6.07, 6.45) is 0. The molecule has 2 heterocycles. The number of fused-ring (bicyclic) bond motifs is 2. The van der Waals surface area contributed by atoms with Crippen molar-refractivity contribution in [3.8, 4) is 22.8 Å². The van der Waals surface area contributed by atoms with Gasteiger partial charge in [0.15, 0.2) is 0 Å². The molecule has 16 nitrogen and oxygen atoms in total. The minimum absolute atomic E-state index is 0. The van der Waals surface area contributed by atoms with E-state index in [1.807, 2.05) is 0 Å². The van der Waals surface area contributed by atoms with E-state index in [0.717, 1.165) is 18.2 Å². The summed E-state index contributed by atoms with van der Waals surface area (Å²) in [4.78, 5) is 8.78. The Balaban J connectivity index is 0.00000242. The Morgan fingerprint density at radius 1 is 0.548 bits per heavy atom. The predicted octanol–water partition coefficient (Wildman–Crippen LogP) is -4.92. The molecular formula is C20H12N4Na2O12S4. The maximum Gasteiger partial charge on any atom is 1.00 e. The molecule has 2 aromatic heterocycles. The first-order chi connectivity index (χ1) is 18.4. The summed E-state index contributed by atoms with van der Waals surface area (Å²) < 4.78 is 136. The molecule has 0 radical (unpaired) electrons. The maximum atomic E-state index is 11.9. The third-order valence-electron chi connectivity index (χ3n) is 5.63. The smallest absolute Gasteiger partial charge is 0.744 e. The van der Waals surface area contributed by atoms with Crippen LogP contribution < -0.4 is 59.1 Å². The van der Waals surface area contributed by atoms with E-state index in [9.17, 15) is 51.9 Å². The topological polar surface area (TPSA) is 280 Å². The van der Waals surface area contributed by atoms with Gasteiger partial charge in [0.25, 0.3) is 20.2 Å². The zero-order valence-corrected chi connectivity index (χ0v) is 28.4. The number of nitrogens with zero attached hydrogens (tertiary/aromatic N) is 2. The number of aromatic nitrogens is 4. The van der Waals surface area contributed by atoms with Crippen molar-refractivity contribution in [2.75, 3.05) is 0 Å². The number of imidazole rings is 2.